The molecule has 2 aromatic rings. The number of rotatable bonds is 9. The Morgan fingerprint density at radius 1 is 1.04 bits per heavy atom. The molecule has 0 saturated heterocycles. The van der Waals surface area contributed by atoms with E-state index in [1.165, 1.54) is 7.11 Å². The molecule has 146 valence electrons. The minimum absolute atomic E-state index is 0.331. The molecule has 0 spiro atoms. The van der Waals surface area contributed by atoms with Crippen LogP contribution < -0.4 is 14.8 Å². The third kappa shape index (κ3) is 6.28. The number of nitrogens with one attached hydrogen (secondary N) is 1. The van der Waals surface area contributed by atoms with E-state index in [2.05, 4.69) is 11.9 Å². The largest absolute Gasteiger partial charge is 0.493 e. The molecule has 0 unspecified atom stereocenters. The van der Waals surface area contributed by atoms with Crippen molar-refractivity contribution in [1.29, 1.82) is 0 Å². The molecule has 0 aromatic heterocycles. The van der Waals surface area contributed by atoms with Gasteiger partial charge in [0.15, 0.2) is 24.7 Å². The molecule has 28 heavy (non-hydrogen) atoms. The van der Waals surface area contributed by atoms with Crippen LogP contribution in [0.1, 0.15) is 15.9 Å². The van der Waals surface area contributed by atoms with Gasteiger partial charge in [0, 0.05) is 5.56 Å². The van der Waals surface area contributed by atoms with Gasteiger partial charge in [0.2, 0.25) is 0 Å². The monoisotopic (exact) mass is 383 g/mol. The van der Waals surface area contributed by atoms with Crippen LogP contribution in [0.5, 0.6) is 11.5 Å². The highest BCUT2D eigenvalue weighted by molar-refractivity contribution is 6.05. The van der Waals surface area contributed by atoms with Crippen LogP contribution in [0.3, 0.4) is 0 Å². The number of amides is 2. The summed E-state index contributed by atoms with van der Waals surface area (Å²) >= 11 is 0. The molecule has 0 atom stereocenters. The number of allylic oxidation sites excluding steroid dienone is 1. The number of imide groups is 1. The van der Waals surface area contributed by atoms with Gasteiger partial charge in [0.25, 0.3) is 11.8 Å². The highest BCUT2D eigenvalue weighted by atomic mass is 16.6. The summed E-state index contributed by atoms with van der Waals surface area (Å²) in [6, 6.07) is 13.5. The number of benzene rings is 2. The van der Waals surface area contributed by atoms with E-state index in [1.807, 2.05) is 6.07 Å². The van der Waals surface area contributed by atoms with Crippen LogP contribution in [0.4, 0.5) is 0 Å². The molecule has 2 amide bonds. The van der Waals surface area contributed by atoms with Gasteiger partial charge in [-0.25, -0.2) is 4.79 Å². The lowest BCUT2D eigenvalue weighted by atomic mass is 10.1. The molecule has 1 N–H and O–H groups in total. The number of hydrogen-bond donors (Lipinski definition) is 1. The fraction of sp³-hybridized carbons (Fsp3) is 0.190. The Hall–Kier alpha value is -3.61. The van der Waals surface area contributed by atoms with Crippen LogP contribution >= 0.6 is 0 Å². The first-order valence-electron chi connectivity index (χ1n) is 8.49. The number of ether oxygens (including phenoxy) is 3. The zero-order chi connectivity index (χ0) is 20.4. The lowest BCUT2D eigenvalue weighted by Gasteiger charge is -2.11. The van der Waals surface area contributed by atoms with Crippen LogP contribution in [-0.2, 0) is 20.7 Å². The minimum atomic E-state index is -0.750. The van der Waals surface area contributed by atoms with Crippen LogP contribution in [0.2, 0.25) is 0 Å². The van der Waals surface area contributed by atoms with E-state index >= 15 is 0 Å². The summed E-state index contributed by atoms with van der Waals surface area (Å²) in [4.78, 5) is 35.3. The quantitative estimate of drug-likeness (QED) is 0.528. The fourth-order valence-corrected chi connectivity index (χ4v) is 2.27. The average molecular weight is 383 g/mol. The van der Waals surface area contributed by atoms with Gasteiger partial charge in [0.05, 0.1) is 7.11 Å². The molecular weight excluding hydrogens is 362 g/mol. The molecule has 7 heteroatoms. The molecule has 2 aromatic carbocycles. The molecule has 0 heterocycles. The van der Waals surface area contributed by atoms with Gasteiger partial charge in [-0.3, -0.25) is 14.9 Å². The third-order valence-electron chi connectivity index (χ3n) is 3.61. The van der Waals surface area contributed by atoms with Crippen molar-refractivity contribution < 1.29 is 28.6 Å². The first-order valence-corrected chi connectivity index (χ1v) is 8.49. The summed E-state index contributed by atoms with van der Waals surface area (Å²) in [5, 5.41) is 2.14. The van der Waals surface area contributed by atoms with Crippen molar-refractivity contribution in [3.63, 3.8) is 0 Å². The Labute approximate surface area is 162 Å². The molecule has 0 bridgehead atoms. The number of hydrogen-bond acceptors (Lipinski definition) is 6. The van der Waals surface area contributed by atoms with Crippen molar-refractivity contribution in [3.8, 4) is 11.5 Å². The molecular formula is C21H21NO6. The van der Waals surface area contributed by atoms with Gasteiger partial charge in [-0.2, -0.15) is 0 Å². The van der Waals surface area contributed by atoms with Gasteiger partial charge in [-0.15, -0.1) is 6.58 Å². The smallest absolute Gasteiger partial charge is 0.344 e. The second-order valence-electron chi connectivity index (χ2n) is 5.67. The van der Waals surface area contributed by atoms with Gasteiger partial charge in [-0.05, 0) is 36.2 Å². The molecule has 0 aliphatic heterocycles. The van der Waals surface area contributed by atoms with E-state index in [4.69, 9.17) is 14.2 Å². The Kier molecular flexibility index (Phi) is 7.77. The van der Waals surface area contributed by atoms with Crippen LogP contribution in [0.15, 0.2) is 61.2 Å². The Morgan fingerprint density at radius 2 is 1.79 bits per heavy atom. The summed E-state index contributed by atoms with van der Waals surface area (Å²) in [5.41, 5.74) is 1.32. The first kappa shape index (κ1) is 20.7. The number of esters is 1. The normalized spacial score (nSPS) is 9.89. The Morgan fingerprint density at radius 3 is 2.46 bits per heavy atom. The maximum Gasteiger partial charge on any atom is 0.344 e. The molecule has 0 saturated carbocycles. The van der Waals surface area contributed by atoms with Crippen LogP contribution in [-0.4, -0.2) is 38.1 Å². The second-order valence-corrected chi connectivity index (χ2v) is 5.67. The highest BCUT2D eigenvalue weighted by Gasteiger charge is 2.14. The molecule has 0 aliphatic carbocycles. The van der Waals surface area contributed by atoms with E-state index in [9.17, 15) is 14.4 Å². The van der Waals surface area contributed by atoms with Gasteiger partial charge in [0.1, 0.15) is 0 Å². The van der Waals surface area contributed by atoms with E-state index in [1.54, 1.807) is 48.5 Å². The van der Waals surface area contributed by atoms with E-state index in [0.29, 0.717) is 23.5 Å². The first-order chi connectivity index (χ1) is 13.5. The van der Waals surface area contributed by atoms with Gasteiger partial charge >= 0.3 is 5.97 Å². The molecule has 0 radical (unpaired) electrons. The average Bonchev–Trinajstić information content (AvgIpc) is 2.72. The second kappa shape index (κ2) is 10.5. The van der Waals surface area contributed by atoms with Gasteiger partial charge in [-0.1, -0.05) is 30.3 Å². The van der Waals surface area contributed by atoms with E-state index < -0.39 is 31.0 Å². The van der Waals surface area contributed by atoms with E-state index in [-0.39, 0.29) is 0 Å². The number of methoxy groups -OCH3 is 1. The maximum absolute atomic E-state index is 11.8. The van der Waals surface area contributed by atoms with Crippen molar-refractivity contribution in [2.45, 2.75) is 6.42 Å². The van der Waals surface area contributed by atoms with Crippen molar-refractivity contribution in [2.24, 2.45) is 0 Å². The SMILES string of the molecule is C=CCc1ccc(OCC(=O)OCC(=O)NC(=O)c2ccccc2)c(OC)c1. The van der Waals surface area contributed by atoms with Crippen molar-refractivity contribution in [1.82, 2.24) is 5.32 Å². The standard InChI is InChI=1S/C21H21NO6/c1-3-7-15-10-11-17(18(12-15)26-2)27-14-20(24)28-13-19(23)22-21(25)16-8-5-4-6-9-16/h3-6,8-12H,1,7,13-14H2,2H3,(H,22,23,25). The van der Waals surface area contributed by atoms with Gasteiger partial charge < -0.3 is 14.2 Å². The fourth-order valence-electron chi connectivity index (χ4n) is 2.27. The lowest BCUT2D eigenvalue weighted by Crippen LogP contribution is -2.34. The predicted molar refractivity (Wildman–Crippen MR) is 102 cm³/mol. The summed E-state index contributed by atoms with van der Waals surface area (Å²) < 4.78 is 15.4. The van der Waals surface area contributed by atoms with Crippen LogP contribution in [0.25, 0.3) is 0 Å². The maximum atomic E-state index is 11.8. The zero-order valence-electron chi connectivity index (χ0n) is 15.5. The number of carbonyl (C=O) groups excluding carboxylic acids is 3. The molecule has 0 aliphatic rings. The van der Waals surface area contributed by atoms with E-state index in [0.717, 1.165) is 5.56 Å². The molecule has 7 nitrogen and oxygen atoms in total. The summed E-state index contributed by atoms with van der Waals surface area (Å²) in [6.07, 6.45) is 2.44. The highest BCUT2D eigenvalue weighted by Crippen LogP contribution is 2.28. The van der Waals surface area contributed by atoms with Crippen molar-refractivity contribution in [3.05, 3.63) is 72.3 Å². The van der Waals surface area contributed by atoms with Crippen molar-refractivity contribution >= 4 is 17.8 Å². The zero-order valence-corrected chi connectivity index (χ0v) is 15.5. The topological polar surface area (TPSA) is 90.9 Å². The minimum Gasteiger partial charge on any atom is -0.493 e. The summed E-state index contributed by atoms with van der Waals surface area (Å²) in [6.45, 7) is 2.68. The lowest BCUT2D eigenvalue weighted by molar-refractivity contribution is -0.150. The number of carbonyl (C=O) groups is 3. The summed E-state index contributed by atoms with van der Waals surface area (Å²) in [5.74, 6) is -1.20. The third-order valence-corrected chi connectivity index (χ3v) is 3.61. The predicted octanol–water partition coefficient (Wildman–Crippen LogP) is 2.30. The molecule has 0 fully saturated rings. The van der Waals surface area contributed by atoms with Crippen LogP contribution in [0, 0.1) is 0 Å². The van der Waals surface area contributed by atoms with Crippen molar-refractivity contribution in [2.75, 3.05) is 20.3 Å². The summed E-state index contributed by atoms with van der Waals surface area (Å²) in [7, 11) is 1.49. The molecule has 2 rings (SSSR count). The Bertz CT molecular complexity index is 847. The Balaban J connectivity index is 1.79.